The predicted octanol–water partition coefficient (Wildman–Crippen LogP) is 3.18. The summed E-state index contributed by atoms with van der Waals surface area (Å²) < 4.78 is 27.0. The van der Waals surface area contributed by atoms with Crippen molar-refractivity contribution in [3.63, 3.8) is 0 Å². The smallest absolute Gasteiger partial charge is 0.267 e. The van der Waals surface area contributed by atoms with Gasteiger partial charge in [0, 0.05) is 12.1 Å². The molecule has 0 unspecified atom stereocenters. The van der Waals surface area contributed by atoms with Gasteiger partial charge in [0.2, 0.25) is 11.8 Å². The maximum absolute atomic E-state index is 13.1. The number of carbonyl (C=O) groups is 2. The first-order chi connectivity index (χ1) is 13.3. The Kier molecular flexibility index (Phi) is 5.56. The minimum absolute atomic E-state index is 0.0254. The van der Waals surface area contributed by atoms with E-state index in [0.29, 0.717) is 5.69 Å². The summed E-state index contributed by atoms with van der Waals surface area (Å²) >= 11 is 0. The number of rotatable bonds is 5. The number of hydrogen-bond acceptors (Lipinski definition) is 4. The molecular weight excluding hydrogens is 376 g/mol. The first kappa shape index (κ1) is 20.1. The topological polar surface area (TPSA) is 83.6 Å². The highest BCUT2D eigenvalue weighted by Gasteiger charge is 2.44. The number of benzene rings is 2. The molecule has 1 atom stereocenters. The third-order valence-electron chi connectivity index (χ3n) is 5.15. The SMILES string of the molecule is CCc1ccccc1NC(=O)[C@H]1CCC(=O)N1S(=O)(=O)c1ccc(C)c(C)c1. The normalized spacial score (nSPS) is 17.0. The van der Waals surface area contributed by atoms with E-state index in [9.17, 15) is 18.0 Å². The van der Waals surface area contributed by atoms with E-state index in [2.05, 4.69) is 5.32 Å². The van der Waals surface area contributed by atoms with E-state index in [-0.39, 0.29) is 17.7 Å². The van der Waals surface area contributed by atoms with Crippen molar-refractivity contribution in [1.82, 2.24) is 4.31 Å². The maximum atomic E-state index is 13.1. The lowest BCUT2D eigenvalue weighted by atomic mass is 10.1. The van der Waals surface area contributed by atoms with Gasteiger partial charge in [0.15, 0.2) is 0 Å². The average molecular weight is 401 g/mol. The van der Waals surface area contributed by atoms with Crippen LogP contribution in [0.5, 0.6) is 0 Å². The molecule has 0 aromatic heterocycles. The van der Waals surface area contributed by atoms with Gasteiger partial charge in [-0.2, -0.15) is 0 Å². The van der Waals surface area contributed by atoms with Gasteiger partial charge in [-0.05, 0) is 61.6 Å². The molecule has 6 nitrogen and oxygen atoms in total. The van der Waals surface area contributed by atoms with Gasteiger partial charge in [-0.25, -0.2) is 12.7 Å². The number of nitrogens with zero attached hydrogens (tertiary/aromatic N) is 1. The molecule has 1 N–H and O–H groups in total. The Bertz CT molecular complexity index is 1030. The summed E-state index contributed by atoms with van der Waals surface area (Å²) in [7, 11) is -4.11. The van der Waals surface area contributed by atoms with Crippen LogP contribution >= 0.6 is 0 Å². The number of carbonyl (C=O) groups excluding carboxylic acids is 2. The van der Waals surface area contributed by atoms with Crippen LogP contribution in [0.25, 0.3) is 0 Å². The fourth-order valence-corrected chi connectivity index (χ4v) is 5.04. The van der Waals surface area contributed by atoms with E-state index in [4.69, 9.17) is 0 Å². The summed E-state index contributed by atoms with van der Waals surface area (Å²) in [6.45, 7) is 5.67. The zero-order valence-corrected chi connectivity index (χ0v) is 17.0. The van der Waals surface area contributed by atoms with E-state index >= 15 is 0 Å². The summed E-state index contributed by atoms with van der Waals surface area (Å²) in [4.78, 5) is 25.3. The van der Waals surface area contributed by atoms with Crippen LogP contribution in [0.1, 0.15) is 36.5 Å². The van der Waals surface area contributed by atoms with E-state index in [1.54, 1.807) is 18.2 Å². The summed E-state index contributed by atoms with van der Waals surface area (Å²) in [6.07, 6.45) is 0.922. The highest BCUT2D eigenvalue weighted by atomic mass is 32.2. The lowest BCUT2D eigenvalue weighted by Gasteiger charge is -2.24. The van der Waals surface area contributed by atoms with Crippen molar-refractivity contribution in [1.29, 1.82) is 0 Å². The van der Waals surface area contributed by atoms with Crippen LogP contribution < -0.4 is 5.32 Å². The van der Waals surface area contributed by atoms with Crippen LogP contribution in [0, 0.1) is 13.8 Å². The molecule has 0 bridgehead atoms. The van der Waals surface area contributed by atoms with Crippen molar-refractivity contribution in [3.05, 3.63) is 59.2 Å². The van der Waals surface area contributed by atoms with Gasteiger partial charge in [0.05, 0.1) is 4.90 Å². The lowest BCUT2D eigenvalue weighted by Crippen LogP contribution is -2.45. The van der Waals surface area contributed by atoms with Gasteiger partial charge in [0.25, 0.3) is 10.0 Å². The predicted molar refractivity (Wildman–Crippen MR) is 107 cm³/mol. The van der Waals surface area contributed by atoms with E-state index in [1.807, 2.05) is 32.9 Å². The molecule has 1 aliphatic rings. The van der Waals surface area contributed by atoms with Crippen molar-refractivity contribution in [2.45, 2.75) is 51.0 Å². The summed E-state index contributed by atoms with van der Waals surface area (Å²) in [5.41, 5.74) is 3.35. The van der Waals surface area contributed by atoms with Crippen LogP contribution in [-0.2, 0) is 26.0 Å². The Morgan fingerprint density at radius 1 is 1.14 bits per heavy atom. The Labute approximate surface area is 165 Å². The van der Waals surface area contributed by atoms with Crippen molar-refractivity contribution in [2.75, 3.05) is 5.32 Å². The van der Waals surface area contributed by atoms with Crippen LogP contribution in [0.15, 0.2) is 47.4 Å². The summed E-state index contributed by atoms with van der Waals surface area (Å²) in [5.74, 6) is -1.04. The molecule has 28 heavy (non-hydrogen) atoms. The Morgan fingerprint density at radius 3 is 2.54 bits per heavy atom. The molecule has 1 heterocycles. The van der Waals surface area contributed by atoms with Crippen molar-refractivity contribution in [3.8, 4) is 0 Å². The third-order valence-corrected chi connectivity index (χ3v) is 6.98. The molecule has 2 aromatic carbocycles. The van der Waals surface area contributed by atoms with Gasteiger partial charge < -0.3 is 5.32 Å². The van der Waals surface area contributed by atoms with Gasteiger partial charge in [-0.15, -0.1) is 0 Å². The molecule has 0 aliphatic carbocycles. The second-order valence-electron chi connectivity index (χ2n) is 7.00. The number of para-hydroxylation sites is 1. The quantitative estimate of drug-likeness (QED) is 0.835. The number of amides is 2. The monoisotopic (exact) mass is 400 g/mol. The molecular formula is C21H24N2O4S. The van der Waals surface area contributed by atoms with Crippen molar-refractivity contribution in [2.24, 2.45) is 0 Å². The molecule has 148 valence electrons. The number of hydrogen-bond donors (Lipinski definition) is 1. The van der Waals surface area contributed by atoms with Gasteiger partial charge in [-0.1, -0.05) is 31.2 Å². The fraction of sp³-hybridized carbons (Fsp3) is 0.333. The second kappa shape index (κ2) is 7.75. The average Bonchev–Trinajstić information content (AvgIpc) is 3.06. The molecule has 0 radical (unpaired) electrons. The molecule has 1 saturated heterocycles. The number of aryl methyl sites for hydroxylation is 3. The molecule has 3 rings (SSSR count). The van der Waals surface area contributed by atoms with Crippen molar-refractivity contribution < 1.29 is 18.0 Å². The standard InChI is InChI=1S/C21H24N2O4S/c1-4-16-7-5-6-8-18(16)22-21(25)19-11-12-20(24)23(19)28(26,27)17-10-9-14(2)15(3)13-17/h5-10,13,19H,4,11-12H2,1-3H3,(H,22,25)/t19-/m1/s1. The Morgan fingerprint density at radius 2 is 1.86 bits per heavy atom. The zero-order valence-electron chi connectivity index (χ0n) is 16.2. The molecule has 2 amide bonds. The number of anilines is 1. The van der Waals surface area contributed by atoms with Crippen LogP contribution in [0.3, 0.4) is 0 Å². The van der Waals surface area contributed by atoms with Gasteiger partial charge >= 0.3 is 0 Å². The zero-order chi connectivity index (χ0) is 20.5. The highest BCUT2D eigenvalue weighted by Crippen LogP contribution is 2.29. The van der Waals surface area contributed by atoms with Crippen molar-refractivity contribution >= 4 is 27.5 Å². The van der Waals surface area contributed by atoms with E-state index in [0.717, 1.165) is 27.4 Å². The minimum Gasteiger partial charge on any atom is -0.324 e. The fourth-order valence-electron chi connectivity index (χ4n) is 3.36. The minimum atomic E-state index is -4.11. The summed E-state index contributed by atoms with van der Waals surface area (Å²) in [6, 6.07) is 11.0. The van der Waals surface area contributed by atoms with Gasteiger partial charge in [-0.3, -0.25) is 9.59 Å². The number of nitrogens with one attached hydrogen (secondary N) is 1. The molecule has 1 aliphatic heterocycles. The number of sulfonamides is 1. The van der Waals surface area contributed by atoms with Gasteiger partial charge in [0.1, 0.15) is 6.04 Å². The molecule has 7 heteroatoms. The molecule has 1 fully saturated rings. The first-order valence-corrected chi connectivity index (χ1v) is 10.7. The molecule has 0 spiro atoms. The van der Waals surface area contributed by atoms with Crippen LogP contribution in [0.2, 0.25) is 0 Å². The summed E-state index contributed by atoms with van der Waals surface area (Å²) in [5, 5.41) is 2.80. The largest absolute Gasteiger partial charge is 0.324 e. The Hall–Kier alpha value is -2.67. The molecule has 0 saturated carbocycles. The Balaban J connectivity index is 1.92. The molecule has 2 aromatic rings. The van der Waals surface area contributed by atoms with E-state index < -0.39 is 27.9 Å². The lowest BCUT2D eigenvalue weighted by molar-refractivity contribution is -0.128. The third kappa shape index (κ3) is 3.67. The maximum Gasteiger partial charge on any atom is 0.267 e. The second-order valence-corrected chi connectivity index (χ2v) is 8.81. The highest BCUT2D eigenvalue weighted by molar-refractivity contribution is 7.89. The first-order valence-electron chi connectivity index (χ1n) is 9.29. The van der Waals surface area contributed by atoms with Crippen LogP contribution in [-0.4, -0.2) is 30.6 Å². The van der Waals surface area contributed by atoms with E-state index in [1.165, 1.54) is 12.1 Å². The van der Waals surface area contributed by atoms with Crippen LogP contribution in [0.4, 0.5) is 5.69 Å².